The van der Waals surface area contributed by atoms with Crippen molar-refractivity contribution in [3.05, 3.63) is 126 Å². The van der Waals surface area contributed by atoms with Gasteiger partial charge in [0.2, 0.25) is 11.8 Å². The Morgan fingerprint density at radius 1 is 0.857 bits per heavy atom. The van der Waals surface area contributed by atoms with Crippen molar-refractivity contribution in [1.29, 1.82) is 0 Å². The molecule has 1 saturated carbocycles. The van der Waals surface area contributed by atoms with Crippen LogP contribution in [-0.2, 0) is 32.6 Å². The second kappa shape index (κ2) is 16.6. The van der Waals surface area contributed by atoms with Crippen molar-refractivity contribution in [2.24, 2.45) is 0 Å². The van der Waals surface area contributed by atoms with E-state index < -0.39 is 34.3 Å². The minimum Gasteiger partial charge on any atom is -0.492 e. The van der Waals surface area contributed by atoms with Gasteiger partial charge in [0.1, 0.15) is 24.2 Å². The first-order valence-corrected chi connectivity index (χ1v) is 18.3. The Balaban J connectivity index is 1.59. The van der Waals surface area contributed by atoms with Gasteiger partial charge in [0, 0.05) is 19.0 Å². The third-order valence-electron chi connectivity index (χ3n) is 8.81. The highest BCUT2D eigenvalue weighted by molar-refractivity contribution is 7.92. The zero-order valence-electron chi connectivity index (χ0n) is 28.1. The summed E-state index contributed by atoms with van der Waals surface area (Å²) in [5.74, 6) is -1.03. The number of amides is 2. The number of rotatable bonds is 14. The maximum atomic E-state index is 14.8. The lowest BCUT2D eigenvalue weighted by molar-refractivity contribution is -0.140. The Hall–Kier alpha value is -4.70. The summed E-state index contributed by atoms with van der Waals surface area (Å²) in [6.07, 6.45) is 5.05. The van der Waals surface area contributed by atoms with Gasteiger partial charge in [0.05, 0.1) is 17.2 Å². The van der Waals surface area contributed by atoms with Crippen LogP contribution in [0, 0.1) is 12.7 Å². The summed E-state index contributed by atoms with van der Waals surface area (Å²) < 4.78 is 49.6. The topological polar surface area (TPSA) is 96.0 Å². The van der Waals surface area contributed by atoms with Crippen LogP contribution in [0.3, 0.4) is 0 Å². The van der Waals surface area contributed by atoms with Gasteiger partial charge in [-0.2, -0.15) is 0 Å². The summed E-state index contributed by atoms with van der Waals surface area (Å²) in [5.41, 5.74) is 2.52. The molecule has 0 spiro atoms. The van der Waals surface area contributed by atoms with Crippen molar-refractivity contribution < 1.29 is 27.1 Å². The van der Waals surface area contributed by atoms with Crippen LogP contribution in [0.15, 0.2) is 108 Å². The summed E-state index contributed by atoms with van der Waals surface area (Å²) in [5, 5.41) is 3.20. The van der Waals surface area contributed by atoms with Gasteiger partial charge in [0.25, 0.3) is 10.0 Å². The predicted molar refractivity (Wildman–Crippen MR) is 189 cm³/mol. The molecule has 1 aliphatic carbocycles. The molecule has 1 N–H and O–H groups in total. The van der Waals surface area contributed by atoms with Gasteiger partial charge in [0.15, 0.2) is 0 Å². The third kappa shape index (κ3) is 9.26. The Bertz CT molecular complexity index is 1790. The Labute approximate surface area is 289 Å². The molecule has 0 aromatic heterocycles. The number of hydrogen-bond donors (Lipinski definition) is 1. The SMILES string of the molecule is CCOc1ccccc1N(CC(=O)N(Cc1ccc(F)cc1)[C@@H](Cc1ccccc1)C(=O)NC1CCCCC1)S(=O)(=O)c1ccc(C)cc1. The van der Waals surface area contributed by atoms with Crippen LogP contribution in [0.25, 0.3) is 0 Å². The number of nitrogens with zero attached hydrogens (tertiary/aromatic N) is 2. The van der Waals surface area contributed by atoms with Gasteiger partial charge in [-0.05, 0) is 74.2 Å². The number of ether oxygens (including phenoxy) is 1. The van der Waals surface area contributed by atoms with E-state index in [1.807, 2.05) is 37.3 Å². The largest absolute Gasteiger partial charge is 0.492 e. The Morgan fingerprint density at radius 2 is 1.51 bits per heavy atom. The van der Waals surface area contributed by atoms with Crippen molar-refractivity contribution >= 4 is 27.5 Å². The van der Waals surface area contributed by atoms with Gasteiger partial charge < -0.3 is 15.0 Å². The van der Waals surface area contributed by atoms with Crippen LogP contribution in [0.2, 0.25) is 0 Å². The van der Waals surface area contributed by atoms with Crippen molar-refractivity contribution in [3.8, 4) is 5.75 Å². The van der Waals surface area contributed by atoms with Gasteiger partial charge >= 0.3 is 0 Å². The summed E-state index contributed by atoms with van der Waals surface area (Å²) in [4.78, 5) is 30.4. The number of aryl methyl sites for hydroxylation is 1. The Morgan fingerprint density at radius 3 is 2.18 bits per heavy atom. The number of hydrogen-bond acceptors (Lipinski definition) is 5. The molecule has 1 fully saturated rings. The zero-order chi connectivity index (χ0) is 34.8. The lowest BCUT2D eigenvalue weighted by Gasteiger charge is -2.35. The minimum absolute atomic E-state index is 0.0122. The molecule has 49 heavy (non-hydrogen) atoms. The second-order valence-electron chi connectivity index (χ2n) is 12.4. The molecule has 1 aliphatic rings. The molecule has 258 valence electrons. The lowest BCUT2D eigenvalue weighted by atomic mass is 9.94. The van der Waals surface area contributed by atoms with Crippen molar-refractivity contribution in [1.82, 2.24) is 10.2 Å². The predicted octanol–water partition coefficient (Wildman–Crippen LogP) is 6.82. The number of carbonyl (C=O) groups excluding carboxylic acids is 2. The second-order valence-corrected chi connectivity index (χ2v) is 14.3. The summed E-state index contributed by atoms with van der Waals surface area (Å²) >= 11 is 0. The van der Waals surface area contributed by atoms with Crippen LogP contribution in [-0.4, -0.2) is 50.4 Å². The van der Waals surface area contributed by atoms with E-state index in [0.29, 0.717) is 11.3 Å². The first-order valence-electron chi connectivity index (χ1n) is 16.8. The number of para-hydroxylation sites is 2. The molecular formula is C39H44FN3O5S. The molecule has 0 radical (unpaired) electrons. The molecule has 10 heteroatoms. The Kier molecular flexibility index (Phi) is 12.1. The number of anilines is 1. The number of benzene rings is 4. The van der Waals surface area contributed by atoms with E-state index >= 15 is 0 Å². The molecule has 0 heterocycles. The normalized spacial score (nSPS) is 14.1. The van der Waals surface area contributed by atoms with Crippen LogP contribution in [0.5, 0.6) is 5.75 Å². The molecule has 0 aliphatic heterocycles. The fourth-order valence-corrected chi connectivity index (χ4v) is 7.60. The summed E-state index contributed by atoms with van der Waals surface area (Å²) in [7, 11) is -4.29. The highest BCUT2D eigenvalue weighted by Crippen LogP contribution is 2.33. The van der Waals surface area contributed by atoms with Crippen molar-refractivity contribution in [3.63, 3.8) is 0 Å². The first kappa shape index (κ1) is 35.6. The molecule has 0 bridgehead atoms. The van der Waals surface area contributed by atoms with E-state index in [4.69, 9.17) is 4.74 Å². The van der Waals surface area contributed by atoms with Crippen molar-refractivity contribution in [2.45, 2.75) is 75.9 Å². The lowest BCUT2D eigenvalue weighted by Crippen LogP contribution is -2.55. The molecule has 0 unspecified atom stereocenters. The fourth-order valence-electron chi connectivity index (χ4n) is 6.18. The van der Waals surface area contributed by atoms with Gasteiger partial charge in [-0.15, -0.1) is 0 Å². The molecule has 5 rings (SSSR count). The molecule has 0 saturated heterocycles. The van der Waals surface area contributed by atoms with E-state index in [-0.39, 0.29) is 42.1 Å². The van der Waals surface area contributed by atoms with Gasteiger partial charge in [-0.3, -0.25) is 13.9 Å². The number of halogens is 1. The number of sulfonamides is 1. The number of nitrogens with one attached hydrogen (secondary N) is 1. The van der Waals surface area contributed by atoms with E-state index in [0.717, 1.165) is 47.5 Å². The van der Waals surface area contributed by atoms with Crippen LogP contribution in [0.4, 0.5) is 10.1 Å². The van der Waals surface area contributed by atoms with E-state index in [9.17, 15) is 22.4 Å². The molecule has 2 amide bonds. The highest BCUT2D eigenvalue weighted by atomic mass is 32.2. The smallest absolute Gasteiger partial charge is 0.264 e. The third-order valence-corrected chi connectivity index (χ3v) is 10.6. The molecule has 4 aromatic carbocycles. The standard InChI is InChI=1S/C39H44FN3O5S/c1-3-48-37-17-11-10-16-35(37)43(49(46,47)34-24-18-29(2)19-25-34)28-38(44)42(27-31-20-22-32(40)23-21-31)36(26-30-12-6-4-7-13-30)39(45)41-33-14-8-5-9-15-33/h4,6-7,10-13,16-25,33,36H,3,5,8-9,14-15,26-28H2,1-2H3,(H,41,45)/t36-/m0/s1. The molecular weight excluding hydrogens is 642 g/mol. The monoisotopic (exact) mass is 685 g/mol. The quantitative estimate of drug-likeness (QED) is 0.157. The van der Waals surface area contributed by atoms with E-state index in [1.54, 1.807) is 55.5 Å². The van der Waals surface area contributed by atoms with E-state index in [2.05, 4.69) is 5.32 Å². The zero-order valence-corrected chi connectivity index (χ0v) is 28.9. The summed E-state index contributed by atoms with van der Waals surface area (Å²) in [6, 6.07) is 27.3. The fraction of sp³-hybridized carbons (Fsp3) is 0.333. The van der Waals surface area contributed by atoms with Crippen molar-refractivity contribution in [2.75, 3.05) is 17.5 Å². The minimum atomic E-state index is -4.29. The van der Waals surface area contributed by atoms with Crippen LogP contribution < -0.4 is 14.4 Å². The van der Waals surface area contributed by atoms with Gasteiger partial charge in [-0.25, -0.2) is 12.8 Å². The maximum Gasteiger partial charge on any atom is 0.264 e. The molecule has 4 aromatic rings. The van der Waals surface area contributed by atoms with Crippen LogP contribution in [0.1, 0.15) is 55.7 Å². The average molecular weight is 686 g/mol. The van der Waals surface area contributed by atoms with E-state index in [1.165, 1.54) is 29.2 Å². The number of carbonyl (C=O) groups is 2. The summed E-state index contributed by atoms with van der Waals surface area (Å²) in [6.45, 7) is 3.29. The highest BCUT2D eigenvalue weighted by Gasteiger charge is 2.36. The molecule has 1 atom stereocenters. The average Bonchev–Trinajstić information content (AvgIpc) is 3.11. The molecule has 8 nitrogen and oxygen atoms in total. The van der Waals surface area contributed by atoms with Crippen LogP contribution >= 0.6 is 0 Å². The first-order chi connectivity index (χ1) is 23.7. The van der Waals surface area contributed by atoms with Gasteiger partial charge in [-0.1, -0.05) is 91.6 Å². The maximum absolute atomic E-state index is 14.8.